The molecular formula is C33H57N7O7S. The first-order valence-electron chi connectivity index (χ1n) is 16.9. The van der Waals surface area contributed by atoms with E-state index in [9.17, 15) is 32.4 Å². The molecule has 1 saturated carbocycles. The number of amides is 5. The molecule has 0 bridgehead atoms. The van der Waals surface area contributed by atoms with Crippen LogP contribution in [0.1, 0.15) is 81.6 Å². The zero-order chi connectivity index (χ0) is 36.4. The number of carbonyl (C=O) groups excluding carboxylic acids is 5. The predicted molar refractivity (Wildman–Crippen MR) is 183 cm³/mol. The summed E-state index contributed by atoms with van der Waals surface area (Å²) in [6, 6.07) is -4.20. The van der Waals surface area contributed by atoms with Gasteiger partial charge >= 0.3 is 6.03 Å². The number of urea groups is 1. The lowest BCUT2D eigenvalue weighted by atomic mass is 9.85. The van der Waals surface area contributed by atoms with E-state index in [1.165, 1.54) is 15.3 Å². The molecule has 0 spiro atoms. The van der Waals surface area contributed by atoms with Crippen LogP contribution < -0.4 is 26.0 Å². The Morgan fingerprint density at radius 3 is 2.21 bits per heavy atom. The Morgan fingerprint density at radius 2 is 1.67 bits per heavy atom. The van der Waals surface area contributed by atoms with Gasteiger partial charge in [-0.1, -0.05) is 74.8 Å². The number of piperidine rings is 1. The number of rotatable bonds is 13. The van der Waals surface area contributed by atoms with E-state index in [1.807, 2.05) is 62.3 Å². The second kappa shape index (κ2) is 14.8. The highest BCUT2D eigenvalue weighted by molar-refractivity contribution is 7.87. The van der Waals surface area contributed by atoms with Crippen LogP contribution in [-0.2, 0) is 29.4 Å². The monoisotopic (exact) mass is 695 g/mol. The van der Waals surface area contributed by atoms with E-state index in [-0.39, 0.29) is 36.8 Å². The maximum atomic E-state index is 14.3. The fourth-order valence-electron chi connectivity index (χ4n) is 6.78. The maximum Gasteiger partial charge on any atom is 0.315 e. The molecule has 48 heavy (non-hydrogen) atoms. The van der Waals surface area contributed by atoms with Crippen LogP contribution in [0.3, 0.4) is 0 Å². The highest BCUT2D eigenvalue weighted by Crippen LogP contribution is 2.65. The molecule has 6 atom stereocenters. The Balaban J connectivity index is 1.82. The molecule has 5 amide bonds. The van der Waals surface area contributed by atoms with Gasteiger partial charge in [0.25, 0.3) is 16.1 Å². The third kappa shape index (κ3) is 8.94. The minimum Gasteiger partial charge on any atom is -0.346 e. The van der Waals surface area contributed by atoms with Crippen LogP contribution in [0, 0.1) is 28.1 Å². The maximum absolute atomic E-state index is 14.3. The fourth-order valence-corrected chi connectivity index (χ4v) is 8.08. The van der Waals surface area contributed by atoms with Gasteiger partial charge in [0.1, 0.15) is 12.1 Å². The molecule has 0 aromatic heterocycles. The molecule has 272 valence electrons. The molecule has 3 aliphatic rings. The number of fused-ring (bicyclic) bond motifs is 1. The van der Waals surface area contributed by atoms with Crippen LogP contribution >= 0.6 is 0 Å². The van der Waals surface area contributed by atoms with Crippen LogP contribution in [0.25, 0.3) is 0 Å². The van der Waals surface area contributed by atoms with Crippen molar-refractivity contribution in [3.05, 3.63) is 12.7 Å². The Morgan fingerprint density at radius 1 is 1.02 bits per heavy atom. The number of carbonyl (C=O) groups is 5. The summed E-state index contributed by atoms with van der Waals surface area (Å²) in [5.74, 6) is -2.63. The van der Waals surface area contributed by atoms with Crippen molar-refractivity contribution in [1.82, 2.24) is 35.2 Å². The molecule has 5 N–H and O–H groups in total. The minimum absolute atomic E-state index is 0.0493. The van der Waals surface area contributed by atoms with Crippen LogP contribution in [0.5, 0.6) is 0 Å². The Bertz CT molecular complexity index is 1370. The Hall–Kier alpha value is -3.04. The third-order valence-corrected chi connectivity index (χ3v) is 11.5. The summed E-state index contributed by atoms with van der Waals surface area (Å²) in [6.45, 7) is 21.8. The van der Waals surface area contributed by atoms with Gasteiger partial charge < -0.3 is 26.2 Å². The average Bonchev–Trinajstić information content (AvgIpc) is 3.28. The van der Waals surface area contributed by atoms with Crippen molar-refractivity contribution in [3.8, 4) is 0 Å². The summed E-state index contributed by atoms with van der Waals surface area (Å²) < 4.78 is 29.1. The lowest BCUT2D eigenvalue weighted by Gasteiger charge is -2.39. The summed E-state index contributed by atoms with van der Waals surface area (Å²) >= 11 is 0. The summed E-state index contributed by atoms with van der Waals surface area (Å²) in [6.07, 6.45) is 2.88. The zero-order valence-corrected chi connectivity index (χ0v) is 30.9. The summed E-state index contributed by atoms with van der Waals surface area (Å²) in [4.78, 5) is 68.8. The molecule has 2 aliphatic heterocycles. The molecule has 1 aliphatic carbocycles. The number of ketones is 1. The van der Waals surface area contributed by atoms with Gasteiger partial charge in [-0.2, -0.15) is 12.7 Å². The van der Waals surface area contributed by atoms with E-state index in [2.05, 4.69) is 32.6 Å². The molecule has 0 radical (unpaired) electrons. The topological polar surface area (TPSA) is 186 Å². The first-order valence-corrected chi connectivity index (χ1v) is 18.4. The van der Waals surface area contributed by atoms with Crippen molar-refractivity contribution >= 4 is 39.7 Å². The van der Waals surface area contributed by atoms with Gasteiger partial charge in [0.2, 0.25) is 17.6 Å². The number of hydrogen-bond donors (Lipinski definition) is 5. The fraction of sp³-hybridized carbons (Fsp3) is 0.788. The first-order chi connectivity index (χ1) is 22.1. The van der Waals surface area contributed by atoms with E-state index in [4.69, 9.17) is 0 Å². The van der Waals surface area contributed by atoms with Gasteiger partial charge in [0.15, 0.2) is 0 Å². The molecule has 2 saturated heterocycles. The van der Waals surface area contributed by atoms with Crippen molar-refractivity contribution in [3.63, 3.8) is 0 Å². The van der Waals surface area contributed by atoms with E-state index >= 15 is 0 Å². The summed E-state index contributed by atoms with van der Waals surface area (Å²) in [7, 11) is -3.67. The van der Waals surface area contributed by atoms with E-state index in [0.29, 0.717) is 32.5 Å². The predicted octanol–water partition coefficient (Wildman–Crippen LogP) is 1.29. The van der Waals surface area contributed by atoms with Gasteiger partial charge in [0, 0.05) is 38.8 Å². The van der Waals surface area contributed by atoms with Gasteiger partial charge in [-0.3, -0.25) is 19.2 Å². The van der Waals surface area contributed by atoms with Gasteiger partial charge in [-0.25, -0.2) is 9.52 Å². The molecule has 0 aromatic carbocycles. The van der Waals surface area contributed by atoms with E-state index in [0.717, 1.165) is 0 Å². The molecule has 15 heteroatoms. The quantitative estimate of drug-likeness (QED) is 0.142. The van der Waals surface area contributed by atoms with Crippen LogP contribution in [0.4, 0.5) is 4.79 Å². The smallest absolute Gasteiger partial charge is 0.315 e. The molecule has 3 fully saturated rings. The molecule has 0 aromatic rings. The first kappa shape index (κ1) is 39.4. The van der Waals surface area contributed by atoms with Crippen LogP contribution in [-0.4, -0.2) is 104 Å². The second-order valence-corrected chi connectivity index (χ2v) is 17.8. The molecule has 3 rings (SSSR count). The molecule has 2 unspecified atom stereocenters. The summed E-state index contributed by atoms with van der Waals surface area (Å²) in [5.41, 5.74) is -1.50. The molecule has 14 nitrogen and oxygen atoms in total. The van der Waals surface area contributed by atoms with Crippen LogP contribution in [0.2, 0.25) is 0 Å². The summed E-state index contributed by atoms with van der Waals surface area (Å²) in [5, 5.41) is 11.0. The van der Waals surface area contributed by atoms with Crippen molar-refractivity contribution in [2.45, 2.75) is 106 Å². The molecular weight excluding hydrogens is 638 g/mol. The number of hydrogen-bond acceptors (Lipinski definition) is 7. The normalized spacial score (nSPS) is 25.1. The number of Topliss-reactive ketones (excluding diaryl/α,β-unsaturated/α-hetero) is 1. The van der Waals surface area contributed by atoms with Crippen molar-refractivity contribution in [2.24, 2.45) is 28.1 Å². The largest absolute Gasteiger partial charge is 0.346 e. The highest BCUT2D eigenvalue weighted by Gasteiger charge is 2.70. The Kier molecular flexibility index (Phi) is 12.2. The molecule has 2 heterocycles. The number of nitrogens with zero attached hydrogens (tertiary/aromatic N) is 2. The number of likely N-dealkylation sites (tertiary alicyclic amines) is 1. The lowest BCUT2D eigenvalue weighted by molar-refractivity contribution is -0.145. The van der Waals surface area contributed by atoms with Gasteiger partial charge in [-0.15, -0.1) is 6.58 Å². The lowest BCUT2D eigenvalue weighted by Crippen LogP contribution is -2.63. The highest BCUT2D eigenvalue weighted by atomic mass is 32.2. The zero-order valence-electron chi connectivity index (χ0n) is 30.1. The van der Waals surface area contributed by atoms with Crippen molar-refractivity contribution in [2.75, 3.05) is 32.7 Å². The van der Waals surface area contributed by atoms with Gasteiger partial charge in [0.05, 0.1) is 6.04 Å². The van der Waals surface area contributed by atoms with Gasteiger partial charge in [-0.05, 0) is 40.9 Å². The van der Waals surface area contributed by atoms with Crippen LogP contribution in [0.15, 0.2) is 12.7 Å². The Labute approximate surface area is 286 Å². The minimum atomic E-state index is -3.67. The average molecular weight is 696 g/mol. The SMILES string of the molecule is C=CCNC(=O)C(=O)C(CCC)NC(=O)C1[C@@H]2[C@H](CN1C(=O)[C@@H](NC(=O)N[C@H](CN1CCCNS1(=O)=O)C(C)(C)C)C(C)(C)C)C2(C)C. The number of nitrogens with one attached hydrogen (secondary N) is 5. The van der Waals surface area contributed by atoms with E-state index < -0.39 is 74.7 Å². The van der Waals surface area contributed by atoms with E-state index in [1.54, 1.807) is 0 Å². The second-order valence-electron chi connectivity index (χ2n) is 16.0. The third-order valence-electron chi connectivity index (χ3n) is 9.94. The van der Waals surface area contributed by atoms with Crippen molar-refractivity contribution < 1.29 is 32.4 Å². The van der Waals surface area contributed by atoms with Crippen molar-refractivity contribution in [1.29, 1.82) is 0 Å². The standard InChI is InChI=1S/C33H57N7O7S/c1-11-14-21(25(41)28(43)34-15-12-2)36-27(42)24-23-20(33(23,9)10)18-40(24)29(44)26(32(6,7)8)38-30(45)37-22(31(3,4)5)19-39-17-13-16-35-48(39,46)47/h12,20-24,26,35H,2,11,13-19H2,1,3-10H3,(H,34,43)(H,36,42)(H2,37,38,45)/t20-,21?,22+,23-,24?,26+/m0/s1.